The minimum Gasteiger partial charge on any atom is -0.376 e. The summed E-state index contributed by atoms with van der Waals surface area (Å²) in [7, 11) is 0. The average molecular weight is 284 g/mol. The van der Waals surface area contributed by atoms with Gasteiger partial charge in [-0.05, 0) is 40.5 Å². The van der Waals surface area contributed by atoms with Crippen molar-refractivity contribution in [1.29, 1.82) is 0 Å². The number of amides is 1. The summed E-state index contributed by atoms with van der Waals surface area (Å²) in [6.45, 7) is 11.8. The molecule has 5 heteroatoms. The zero-order valence-corrected chi connectivity index (χ0v) is 13.2. The van der Waals surface area contributed by atoms with Gasteiger partial charge in [0.25, 0.3) is 0 Å². The molecule has 0 aromatic heterocycles. The van der Waals surface area contributed by atoms with E-state index in [1.807, 2.05) is 0 Å². The predicted octanol–water partition coefficient (Wildman–Crippen LogP) is 1.17. The maximum absolute atomic E-state index is 12.0. The van der Waals surface area contributed by atoms with Crippen LogP contribution in [0.5, 0.6) is 0 Å². The zero-order valence-electron chi connectivity index (χ0n) is 13.2. The van der Waals surface area contributed by atoms with Gasteiger partial charge in [-0.25, -0.2) is 0 Å². The van der Waals surface area contributed by atoms with Crippen molar-refractivity contribution in [3.63, 3.8) is 0 Å². The number of nitrogens with one attached hydrogen (secondary N) is 1. The summed E-state index contributed by atoms with van der Waals surface area (Å²) >= 11 is 0. The van der Waals surface area contributed by atoms with Crippen molar-refractivity contribution in [3.05, 3.63) is 0 Å². The standard InChI is InChI=1S/C15H28N2O3/c1-14(2)10-17(11-15(3,4)20-14)9-13(18)16-8-12-6-5-7-19-12/h12H,5-11H2,1-4H3,(H,16,18)/t12-/m1/s1. The van der Waals surface area contributed by atoms with Gasteiger partial charge >= 0.3 is 0 Å². The number of rotatable bonds is 4. The minimum absolute atomic E-state index is 0.0778. The van der Waals surface area contributed by atoms with Crippen LogP contribution >= 0.6 is 0 Å². The van der Waals surface area contributed by atoms with Crippen LogP contribution in [-0.4, -0.2) is 60.9 Å². The Kier molecular flexibility index (Phi) is 4.72. The van der Waals surface area contributed by atoms with E-state index in [1.165, 1.54) is 0 Å². The van der Waals surface area contributed by atoms with E-state index in [0.717, 1.165) is 32.5 Å². The van der Waals surface area contributed by atoms with Crippen LogP contribution in [0.2, 0.25) is 0 Å². The molecule has 0 aromatic carbocycles. The largest absolute Gasteiger partial charge is 0.376 e. The highest BCUT2D eigenvalue weighted by Crippen LogP contribution is 2.27. The summed E-state index contributed by atoms with van der Waals surface area (Å²) in [6, 6.07) is 0. The monoisotopic (exact) mass is 284 g/mol. The average Bonchev–Trinajstić information content (AvgIpc) is 2.74. The molecule has 0 radical (unpaired) electrons. The Labute approximate surface area is 122 Å². The second-order valence-corrected chi connectivity index (χ2v) is 7.21. The number of carbonyl (C=O) groups excluding carboxylic acids is 1. The fraction of sp³-hybridized carbons (Fsp3) is 0.933. The van der Waals surface area contributed by atoms with E-state index in [-0.39, 0.29) is 23.2 Å². The highest BCUT2D eigenvalue weighted by atomic mass is 16.5. The molecule has 5 nitrogen and oxygen atoms in total. The fourth-order valence-corrected chi connectivity index (χ4v) is 3.35. The van der Waals surface area contributed by atoms with Gasteiger partial charge in [-0.3, -0.25) is 9.69 Å². The van der Waals surface area contributed by atoms with Crippen molar-refractivity contribution < 1.29 is 14.3 Å². The van der Waals surface area contributed by atoms with Gasteiger partial charge in [0.2, 0.25) is 5.91 Å². The Bertz CT molecular complexity index is 333. The first-order valence-corrected chi connectivity index (χ1v) is 7.57. The van der Waals surface area contributed by atoms with Crippen molar-refractivity contribution in [2.24, 2.45) is 0 Å². The molecule has 2 heterocycles. The van der Waals surface area contributed by atoms with Gasteiger partial charge in [0.15, 0.2) is 0 Å². The molecule has 2 fully saturated rings. The third kappa shape index (κ3) is 4.72. The number of hydrogen-bond acceptors (Lipinski definition) is 4. The number of carbonyl (C=O) groups is 1. The molecule has 0 aromatic rings. The van der Waals surface area contributed by atoms with Crippen LogP contribution < -0.4 is 5.32 Å². The number of morpholine rings is 1. The lowest BCUT2D eigenvalue weighted by Crippen LogP contribution is -2.58. The molecule has 1 N–H and O–H groups in total. The lowest BCUT2D eigenvalue weighted by atomic mass is 9.99. The summed E-state index contributed by atoms with van der Waals surface area (Å²) in [5.74, 6) is 0.0778. The third-order valence-electron chi connectivity index (χ3n) is 3.68. The minimum atomic E-state index is -0.212. The van der Waals surface area contributed by atoms with Crippen molar-refractivity contribution in [1.82, 2.24) is 10.2 Å². The smallest absolute Gasteiger partial charge is 0.234 e. The number of hydrogen-bond donors (Lipinski definition) is 1. The van der Waals surface area contributed by atoms with Crippen molar-refractivity contribution in [3.8, 4) is 0 Å². The second-order valence-electron chi connectivity index (χ2n) is 7.21. The molecule has 20 heavy (non-hydrogen) atoms. The molecule has 0 spiro atoms. The van der Waals surface area contributed by atoms with Crippen molar-refractivity contribution >= 4 is 5.91 Å². The van der Waals surface area contributed by atoms with Crippen LogP contribution in [0.25, 0.3) is 0 Å². The van der Waals surface area contributed by atoms with Crippen LogP contribution in [-0.2, 0) is 14.3 Å². The molecule has 0 bridgehead atoms. The SMILES string of the molecule is CC1(C)CN(CC(=O)NC[C@H]2CCCO2)CC(C)(C)O1. The molecule has 0 aliphatic carbocycles. The van der Waals surface area contributed by atoms with Crippen LogP contribution in [0.4, 0.5) is 0 Å². The van der Waals surface area contributed by atoms with Gasteiger partial charge in [-0.1, -0.05) is 0 Å². The quantitative estimate of drug-likeness (QED) is 0.842. The first-order valence-electron chi connectivity index (χ1n) is 7.57. The topological polar surface area (TPSA) is 50.8 Å². The summed E-state index contributed by atoms with van der Waals surface area (Å²) in [5.41, 5.74) is -0.423. The normalized spacial score (nSPS) is 29.3. The van der Waals surface area contributed by atoms with E-state index in [4.69, 9.17) is 9.47 Å². The summed E-state index contributed by atoms with van der Waals surface area (Å²) in [5, 5.41) is 2.98. The molecular weight excluding hydrogens is 256 g/mol. The van der Waals surface area contributed by atoms with Crippen LogP contribution in [0.3, 0.4) is 0 Å². The van der Waals surface area contributed by atoms with Gasteiger partial charge in [0.1, 0.15) is 0 Å². The van der Waals surface area contributed by atoms with Gasteiger partial charge in [0.05, 0.1) is 23.9 Å². The first-order chi connectivity index (χ1) is 9.26. The third-order valence-corrected chi connectivity index (χ3v) is 3.68. The lowest BCUT2D eigenvalue weighted by molar-refractivity contribution is -0.181. The molecule has 2 aliphatic heterocycles. The Morgan fingerprint density at radius 2 is 1.90 bits per heavy atom. The van der Waals surface area contributed by atoms with E-state index < -0.39 is 0 Å². The van der Waals surface area contributed by atoms with E-state index in [2.05, 4.69) is 37.9 Å². The first kappa shape index (κ1) is 15.7. The van der Waals surface area contributed by atoms with E-state index >= 15 is 0 Å². The van der Waals surface area contributed by atoms with Crippen LogP contribution in [0.15, 0.2) is 0 Å². The summed E-state index contributed by atoms with van der Waals surface area (Å²) in [6.07, 6.45) is 2.36. The van der Waals surface area contributed by atoms with Crippen LogP contribution in [0, 0.1) is 0 Å². The Balaban J connectivity index is 1.78. The van der Waals surface area contributed by atoms with Gasteiger partial charge in [0, 0.05) is 26.2 Å². The zero-order chi connectivity index (χ0) is 14.8. The molecular formula is C15H28N2O3. The molecule has 2 aliphatic rings. The highest BCUT2D eigenvalue weighted by molar-refractivity contribution is 5.78. The molecule has 2 saturated heterocycles. The maximum Gasteiger partial charge on any atom is 0.234 e. The number of nitrogens with zero attached hydrogens (tertiary/aromatic N) is 1. The fourth-order valence-electron chi connectivity index (χ4n) is 3.35. The summed E-state index contributed by atoms with van der Waals surface area (Å²) in [4.78, 5) is 14.2. The van der Waals surface area contributed by atoms with Gasteiger partial charge in [-0.2, -0.15) is 0 Å². The lowest BCUT2D eigenvalue weighted by Gasteiger charge is -2.46. The number of ether oxygens (including phenoxy) is 2. The molecule has 0 unspecified atom stereocenters. The molecule has 1 amide bonds. The summed E-state index contributed by atoms with van der Waals surface area (Å²) < 4.78 is 11.5. The second kappa shape index (κ2) is 6.00. The van der Waals surface area contributed by atoms with Crippen molar-refractivity contribution in [2.45, 2.75) is 57.8 Å². The Morgan fingerprint density at radius 1 is 1.25 bits per heavy atom. The Hall–Kier alpha value is -0.650. The molecule has 116 valence electrons. The molecule has 2 rings (SSSR count). The Morgan fingerprint density at radius 3 is 2.45 bits per heavy atom. The molecule has 1 atom stereocenters. The van der Waals surface area contributed by atoms with Gasteiger partial charge < -0.3 is 14.8 Å². The van der Waals surface area contributed by atoms with E-state index in [9.17, 15) is 4.79 Å². The maximum atomic E-state index is 12.0. The van der Waals surface area contributed by atoms with E-state index in [1.54, 1.807) is 0 Å². The van der Waals surface area contributed by atoms with E-state index in [0.29, 0.717) is 13.1 Å². The van der Waals surface area contributed by atoms with Crippen LogP contribution in [0.1, 0.15) is 40.5 Å². The predicted molar refractivity (Wildman–Crippen MR) is 77.7 cm³/mol. The van der Waals surface area contributed by atoms with Crippen molar-refractivity contribution in [2.75, 3.05) is 32.8 Å². The highest BCUT2D eigenvalue weighted by Gasteiger charge is 2.38. The van der Waals surface area contributed by atoms with Gasteiger partial charge in [-0.15, -0.1) is 0 Å². The molecule has 0 saturated carbocycles.